The van der Waals surface area contributed by atoms with Crippen molar-refractivity contribution in [2.75, 3.05) is 5.32 Å². The molecule has 2 aromatic rings. The van der Waals surface area contributed by atoms with E-state index in [2.05, 4.69) is 10.3 Å². The number of aromatic nitrogens is 1. The molecule has 0 bridgehead atoms. The van der Waals surface area contributed by atoms with Crippen LogP contribution in [0.1, 0.15) is 26.3 Å². The number of carbonyl (C=O) groups excluding carboxylic acids is 1. The lowest BCUT2D eigenvalue weighted by Crippen LogP contribution is -2.13. The largest absolute Gasteiger partial charge is 0.478 e. The Hall–Kier alpha value is -2.11. The highest BCUT2D eigenvalue weighted by Gasteiger charge is 2.12. The fraction of sp³-hybridized carbons (Fsp3) is 0.0714. The first-order valence-electron chi connectivity index (χ1n) is 5.85. The van der Waals surface area contributed by atoms with Gasteiger partial charge in [-0.15, -0.1) is 0 Å². The molecular formula is C14H10Cl2N2O3. The summed E-state index contributed by atoms with van der Waals surface area (Å²) in [5.74, 6) is -1.51. The molecule has 0 aliphatic carbocycles. The van der Waals surface area contributed by atoms with Crippen LogP contribution in [0.3, 0.4) is 0 Å². The number of pyridine rings is 1. The van der Waals surface area contributed by atoms with Crippen molar-refractivity contribution in [3.63, 3.8) is 0 Å². The summed E-state index contributed by atoms with van der Waals surface area (Å²) < 4.78 is 0. The summed E-state index contributed by atoms with van der Waals surface area (Å²) in [5, 5.41) is 11.9. The zero-order valence-corrected chi connectivity index (χ0v) is 12.4. The molecule has 0 fully saturated rings. The molecule has 2 rings (SSSR count). The minimum Gasteiger partial charge on any atom is -0.478 e. The van der Waals surface area contributed by atoms with Crippen LogP contribution < -0.4 is 5.32 Å². The highest BCUT2D eigenvalue weighted by Crippen LogP contribution is 2.21. The van der Waals surface area contributed by atoms with Crippen LogP contribution in [0.25, 0.3) is 0 Å². The Bertz CT molecular complexity index is 732. The molecule has 1 aromatic carbocycles. The second kappa shape index (κ2) is 6.11. The summed E-state index contributed by atoms with van der Waals surface area (Å²) in [7, 11) is 0. The topological polar surface area (TPSA) is 79.3 Å². The van der Waals surface area contributed by atoms with Crippen LogP contribution in [0.5, 0.6) is 0 Å². The maximum absolute atomic E-state index is 12.0. The van der Waals surface area contributed by atoms with E-state index in [1.807, 2.05) is 0 Å². The van der Waals surface area contributed by atoms with Gasteiger partial charge in [-0.25, -0.2) is 9.78 Å². The molecule has 0 radical (unpaired) electrons. The first-order chi connectivity index (χ1) is 9.88. The van der Waals surface area contributed by atoms with Crippen molar-refractivity contribution < 1.29 is 14.7 Å². The predicted molar refractivity (Wildman–Crippen MR) is 80.3 cm³/mol. The molecule has 1 amide bonds. The first-order valence-corrected chi connectivity index (χ1v) is 6.60. The molecule has 0 aliphatic rings. The molecule has 0 spiro atoms. The molecule has 1 heterocycles. The summed E-state index contributed by atoms with van der Waals surface area (Å²) in [4.78, 5) is 26.9. The molecule has 0 aliphatic heterocycles. The third-order valence-corrected chi connectivity index (χ3v) is 3.47. The standard InChI is InChI=1S/C14H10Cl2N2O3/c1-7-2-3-9(5-10(7)14(20)21)18-13(19)8-4-11(15)12(16)17-6-8/h2-6H,1H3,(H,18,19)(H,20,21). The van der Waals surface area contributed by atoms with Gasteiger partial charge in [0.1, 0.15) is 5.15 Å². The van der Waals surface area contributed by atoms with Gasteiger partial charge in [-0.05, 0) is 30.7 Å². The fourth-order valence-electron chi connectivity index (χ4n) is 1.68. The number of nitrogens with one attached hydrogen (secondary N) is 1. The quantitative estimate of drug-likeness (QED) is 0.844. The van der Waals surface area contributed by atoms with E-state index in [1.165, 1.54) is 18.3 Å². The Kier molecular flexibility index (Phi) is 4.45. The summed E-state index contributed by atoms with van der Waals surface area (Å²) in [6.45, 7) is 1.68. The number of anilines is 1. The number of aryl methyl sites for hydroxylation is 1. The van der Waals surface area contributed by atoms with Gasteiger partial charge in [0, 0.05) is 11.9 Å². The summed E-state index contributed by atoms with van der Waals surface area (Å²) >= 11 is 11.5. The first kappa shape index (κ1) is 15.3. The predicted octanol–water partition coefficient (Wildman–Crippen LogP) is 3.65. The number of hydrogen-bond acceptors (Lipinski definition) is 3. The highest BCUT2D eigenvalue weighted by molar-refractivity contribution is 6.41. The number of hydrogen-bond donors (Lipinski definition) is 2. The average Bonchev–Trinajstić information content (AvgIpc) is 2.43. The van der Waals surface area contributed by atoms with Crippen LogP contribution in [0.2, 0.25) is 10.2 Å². The third kappa shape index (κ3) is 3.51. The molecule has 108 valence electrons. The van der Waals surface area contributed by atoms with Crippen molar-refractivity contribution in [3.8, 4) is 0 Å². The molecule has 21 heavy (non-hydrogen) atoms. The molecule has 0 unspecified atom stereocenters. The lowest BCUT2D eigenvalue weighted by Gasteiger charge is -2.08. The number of carbonyl (C=O) groups is 2. The van der Waals surface area contributed by atoms with Crippen LogP contribution in [0.15, 0.2) is 30.5 Å². The average molecular weight is 325 g/mol. The van der Waals surface area contributed by atoms with Crippen LogP contribution in [-0.2, 0) is 0 Å². The van der Waals surface area contributed by atoms with Gasteiger partial charge in [-0.2, -0.15) is 0 Å². The number of nitrogens with zero attached hydrogens (tertiary/aromatic N) is 1. The normalized spacial score (nSPS) is 10.2. The van der Waals surface area contributed by atoms with E-state index < -0.39 is 11.9 Å². The third-order valence-electron chi connectivity index (χ3n) is 2.78. The summed E-state index contributed by atoms with van der Waals surface area (Å²) in [6, 6.07) is 6.01. The van der Waals surface area contributed by atoms with E-state index >= 15 is 0 Å². The highest BCUT2D eigenvalue weighted by atomic mass is 35.5. The van der Waals surface area contributed by atoms with Crippen LogP contribution in [0.4, 0.5) is 5.69 Å². The van der Waals surface area contributed by atoms with E-state index in [4.69, 9.17) is 28.3 Å². The van der Waals surface area contributed by atoms with Gasteiger partial charge in [0.15, 0.2) is 0 Å². The molecule has 1 aromatic heterocycles. The van der Waals surface area contributed by atoms with Crippen LogP contribution >= 0.6 is 23.2 Å². The number of halogens is 2. The molecule has 2 N–H and O–H groups in total. The van der Waals surface area contributed by atoms with Crippen molar-refractivity contribution in [2.45, 2.75) is 6.92 Å². The van der Waals surface area contributed by atoms with Crippen molar-refractivity contribution in [1.29, 1.82) is 0 Å². The van der Waals surface area contributed by atoms with Crippen molar-refractivity contribution in [2.24, 2.45) is 0 Å². The maximum Gasteiger partial charge on any atom is 0.336 e. The number of carboxylic acid groups (broad SMARTS) is 1. The van der Waals surface area contributed by atoms with Gasteiger partial charge in [0.05, 0.1) is 16.1 Å². The number of benzene rings is 1. The van der Waals surface area contributed by atoms with E-state index in [0.717, 1.165) is 0 Å². The van der Waals surface area contributed by atoms with Crippen molar-refractivity contribution in [1.82, 2.24) is 4.98 Å². The molecule has 0 saturated heterocycles. The number of aromatic carboxylic acids is 1. The van der Waals surface area contributed by atoms with Gasteiger partial charge < -0.3 is 10.4 Å². The zero-order chi connectivity index (χ0) is 15.6. The number of carboxylic acids is 1. The molecule has 7 heteroatoms. The molecule has 0 atom stereocenters. The Morgan fingerprint density at radius 1 is 1.24 bits per heavy atom. The SMILES string of the molecule is Cc1ccc(NC(=O)c2cnc(Cl)c(Cl)c2)cc1C(=O)O. The minimum atomic E-state index is -1.06. The van der Waals surface area contributed by atoms with Crippen LogP contribution in [0, 0.1) is 6.92 Å². The Balaban J connectivity index is 2.25. The van der Waals surface area contributed by atoms with Crippen molar-refractivity contribution in [3.05, 3.63) is 57.3 Å². The smallest absolute Gasteiger partial charge is 0.336 e. The zero-order valence-electron chi connectivity index (χ0n) is 10.9. The van der Waals surface area contributed by atoms with Gasteiger partial charge in [0.2, 0.25) is 0 Å². The fourth-order valence-corrected chi connectivity index (χ4v) is 1.95. The second-order valence-corrected chi connectivity index (χ2v) is 5.05. The minimum absolute atomic E-state index is 0.108. The lowest BCUT2D eigenvalue weighted by atomic mass is 10.1. The summed E-state index contributed by atoms with van der Waals surface area (Å²) in [5.41, 5.74) is 1.33. The summed E-state index contributed by atoms with van der Waals surface area (Å²) in [6.07, 6.45) is 1.29. The molecule has 5 nitrogen and oxygen atoms in total. The van der Waals surface area contributed by atoms with E-state index in [0.29, 0.717) is 11.3 Å². The number of rotatable bonds is 3. The Labute approximate surface area is 130 Å². The van der Waals surface area contributed by atoms with Crippen LogP contribution in [-0.4, -0.2) is 22.0 Å². The van der Waals surface area contributed by atoms with Gasteiger partial charge >= 0.3 is 5.97 Å². The van der Waals surface area contributed by atoms with E-state index in [-0.39, 0.29) is 21.3 Å². The molecule has 0 saturated carbocycles. The number of amides is 1. The Morgan fingerprint density at radius 2 is 1.95 bits per heavy atom. The van der Waals surface area contributed by atoms with Gasteiger partial charge in [-0.1, -0.05) is 29.3 Å². The Morgan fingerprint density at radius 3 is 2.57 bits per heavy atom. The second-order valence-electron chi connectivity index (χ2n) is 4.29. The monoisotopic (exact) mass is 324 g/mol. The van der Waals surface area contributed by atoms with Gasteiger partial charge in [-0.3, -0.25) is 4.79 Å². The maximum atomic E-state index is 12.0. The van der Waals surface area contributed by atoms with E-state index in [9.17, 15) is 9.59 Å². The lowest BCUT2D eigenvalue weighted by molar-refractivity contribution is 0.0695. The van der Waals surface area contributed by atoms with E-state index in [1.54, 1.807) is 19.1 Å². The molecular weight excluding hydrogens is 315 g/mol. The van der Waals surface area contributed by atoms with Gasteiger partial charge in [0.25, 0.3) is 5.91 Å². The van der Waals surface area contributed by atoms with Crippen molar-refractivity contribution >= 4 is 40.8 Å².